The predicted octanol–water partition coefficient (Wildman–Crippen LogP) is 1.84. The average Bonchev–Trinajstić information content (AvgIpc) is 2.74. The Kier molecular flexibility index (Phi) is 6.94. The van der Waals surface area contributed by atoms with Gasteiger partial charge in [0.25, 0.3) is 5.91 Å². The van der Waals surface area contributed by atoms with E-state index in [1.54, 1.807) is 30.3 Å². The minimum Gasteiger partial charge on any atom is -0.495 e. The van der Waals surface area contributed by atoms with E-state index in [-0.39, 0.29) is 16.4 Å². The quantitative estimate of drug-likeness (QED) is 0.701. The number of piperazine rings is 1. The lowest BCUT2D eigenvalue weighted by molar-refractivity contribution is -0.114. The number of hydrogen-bond acceptors (Lipinski definition) is 6. The van der Waals surface area contributed by atoms with Gasteiger partial charge in [-0.3, -0.25) is 9.59 Å². The second kappa shape index (κ2) is 9.46. The van der Waals surface area contributed by atoms with Crippen molar-refractivity contribution in [2.24, 2.45) is 0 Å². The predicted molar refractivity (Wildman–Crippen MR) is 118 cm³/mol. The van der Waals surface area contributed by atoms with Crippen LogP contribution in [0.2, 0.25) is 0 Å². The Labute approximate surface area is 182 Å². The van der Waals surface area contributed by atoms with Gasteiger partial charge in [0.05, 0.1) is 17.7 Å². The molecular weight excluding hydrogens is 420 g/mol. The van der Waals surface area contributed by atoms with Crippen LogP contribution in [0.1, 0.15) is 17.3 Å². The molecule has 0 atom stereocenters. The molecule has 0 spiro atoms. The van der Waals surface area contributed by atoms with Crippen molar-refractivity contribution in [2.45, 2.75) is 11.8 Å². The molecule has 0 aromatic heterocycles. The maximum Gasteiger partial charge on any atom is 0.255 e. The van der Waals surface area contributed by atoms with Gasteiger partial charge in [-0.25, -0.2) is 8.42 Å². The third kappa shape index (κ3) is 5.40. The number of carbonyl (C=O) groups excluding carboxylic acids is 2. The average molecular weight is 447 g/mol. The Morgan fingerprint density at radius 2 is 1.71 bits per heavy atom. The van der Waals surface area contributed by atoms with Crippen LogP contribution in [-0.4, -0.2) is 69.8 Å². The molecule has 0 radical (unpaired) electrons. The molecule has 2 aromatic rings. The number of carbonyl (C=O) groups is 2. The number of rotatable bonds is 6. The van der Waals surface area contributed by atoms with Crippen LogP contribution in [0.15, 0.2) is 47.4 Å². The number of likely N-dealkylation sites (N-methyl/N-ethyl adjacent to an activating group) is 1. The highest BCUT2D eigenvalue weighted by molar-refractivity contribution is 7.89. The molecule has 1 saturated heterocycles. The molecular formula is C21H26N4O5S. The Balaban J connectivity index is 1.83. The Morgan fingerprint density at radius 3 is 2.35 bits per heavy atom. The lowest BCUT2D eigenvalue weighted by Gasteiger charge is -2.31. The fourth-order valence-electron chi connectivity index (χ4n) is 3.26. The smallest absolute Gasteiger partial charge is 0.255 e. The molecule has 3 rings (SSSR count). The van der Waals surface area contributed by atoms with E-state index < -0.39 is 15.9 Å². The minimum absolute atomic E-state index is 0.0728. The van der Waals surface area contributed by atoms with Gasteiger partial charge in [-0.1, -0.05) is 6.07 Å². The Bertz CT molecular complexity index is 1080. The van der Waals surface area contributed by atoms with Gasteiger partial charge in [-0.2, -0.15) is 4.31 Å². The van der Waals surface area contributed by atoms with Crippen LogP contribution in [0.4, 0.5) is 11.4 Å². The summed E-state index contributed by atoms with van der Waals surface area (Å²) in [6.07, 6.45) is 0. The van der Waals surface area contributed by atoms with E-state index in [0.717, 1.165) is 0 Å². The molecule has 0 aliphatic carbocycles. The monoisotopic (exact) mass is 446 g/mol. The summed E-state index contributed by atoms with van der Waals surface area (Å²) in [6.45, 7) is 3.51. The maximum atomic E-state index is 13.0. The van der Waals surface area contributed by atoms with Gasteiger partial charge >= 0.3 is 0 Å². The summed E-state index contributed by atoms with van der Waals surface area (Å²) in [6, 6.07) is 10.8. The van der Waals surface area contributed by atoms with Crippen LogP contribution in [-0.2, 0) is 14.8 Å². The molecule has 2 aromatic carbocycles. The molecule has 0 bridgehead atoms. The third-order valence-corrected chi connectivity index (χ3v) is 6.86. The summed E-state index contributed by atoms with van der Waals surface area (Å²) < 4.78 is 32.7. The second-order valence-electron chi connectivity index (χ2n) is 7.29. The van der Waals surface area contributed by atoms with Crippen molar-refractivity contribution in [1.82, 2.24) is 9.21 Å². The van der Waals surface area contributed by atoms with E-state index in [1.165, 1.54) is 30.5 Å². The first kappa shape index (κ1) is 22.7. The SMILES string of the molecule is COc1ccc(NC(C)=O)cc1NC(=O)c1cccc(S(=O)(=O)N2CCN(C)CC2)c1. The first-order valence-electron chi connectivity index (χ1n) is 9.76. The molecule has 2 amide bonds. The number of nitrogens with one attached hydrogen (secondary N) is 2. The van der Waals surface area contributed by atoms with Crippen LogP contribution >= 0.6 is 0 Å². The van der Waals surface area contributed by atoms with Gasteiger partial charge in [-0.15, -0.1) is 0 Å². The summed E-state index contributed by atoms with van der Waals surface area (Å²) in [7, 11) is -0.280. The molecule has 31 heavy (non-hydrogen) atoms. The van der Waals surface area contributed by atoms with Crippen molar-refractivity contribution in [2.75, 3.05) is 51.0 Å². The van der Waals surface area contributed by atoms with Crippen LogP contribution in [0, 0.1) is 0 Å². The molecule has 1 aliphatic rings. The van der Waals surface area contributed by atoms with E-state index >= 15 is 0 Å². The normalized spacial score (nSPS) is 15.3. The van der Waals surface area contributed by atoms with Gasteiger partial charge in [0.2, 0.25) is 15.9 Å². The van der Waals surface area contributed by atoms with Crippen molar-refractivity contribution in [3.63, 3.8) is 0 Å². The second-order valence-corrected chi connectivity index (χ2v) is 9.22. The highest BCUT2D eigenvalue weighted by Gasteiger charge is 2.28. The number of methoxy groups -OCH3 is 1. The summed E-state index contributed by atoms with van der Waals surface area (Å²) in [4.78, 5) is 26.3. The number of ether oxygens (including phenoxy) is 1. The van der Waals surface area contributed by atoms with Gasteiger partial charge in [-0.05, 0) is 43.4 Å². The zero-order valence-corrected chi connectivity index (χ0v) is 18.5. The summed E-state index contributed by atoms with van der Waals surface area (Å²) in [5.41, 5.74) is 1.04. The molecule has 0 saturated carbocycles. The molecule has 2 N–H and O–H groups in total. The van der Waals surface area contributed by atoms with Crippen LogP contribution < -0.4 is 15.4 Å². The molecule has 1 fully saturated rings. The first-order valence-corrected chi connectivity index (χ1v) is 11.2. The molecule has 1 heterocycles. The number of benzene rings is 2. The fraction of sp³-hybridized carbons (Fsp3) is 0.333. The van der Waals surface area contributed by atoms with Gasteiger partial charge < -0.3 is 20.3 Å². The van der Waals surface area contributed by atoms with Gasteiger partial charge in [0, 0.05) is 44.4 Å². The standard InChI is InChI=1S/C21H26N4O5S/c1-15(26)22-17-7-8-20(30-3)19(14-17)23-21(27)16-5-4-6-18(13-16)31(28,29)25-11-9-24(2)10-12-25/h4-8,13-14H,9-12H2,1-3H3,(H,22,26)(H,23,27). The Morgan fingerprint density at radius 1 is 1.00 bits per heavy atom. The summed E-state index contributed by atoms with van der Waals surface area (Å²) >= 11 is 0. The number of anilines is 2. The number of sulfonamides is 1. The number of hydrogen-bond donors (Lipinski definition) is 2. The van der Waals surface area contributed by atoms with Crippen molar-refractivity contribution in [3.05, 3.63) is 48.0 Å². The molecule has 1 aliphatic heterocycles. The third-order valence-electron chi connectivity index (χ3n) is 4.96. The van der Waals surface area contributed by atoms with Crippen LogP contribution in [0.25, 0.3) is 0 Å². The largest absolute Gasteiger partial charge is 0.495 e. The van der Waals surface area contributed by atoms with Crippen LogP contribution in [0.5, 0.6) is 5.75 Å². The summed E-state index contributed by atoms with van der Waals surface area (Å²) in [5, 5.41) is 5.37. The fourth-order valence-corrected chi connectivity index (χ4v) is 4.73. The van der Waals surface area contributed by atoms with E-state index in [9.17, 15) is 18.0 Å². The molecule has 9 nitrogen and oxygen atoms in total. The summed E-state index contributed by atoms with van der Waals surface area (Å²) in [5.74, 6) is -0.332. The minimum atomic E-state index is -3.69. The molecule has 166 valence electrons. The molecule has 10 heteroatoms. The topological polar surface area (TPSA) is 108 Å². The highest BCUT2D eigenvalue weighted by atomic mass is 32.2. The molecule has 0 unspecified atom stereocenters. The number of nitrogens with zero attached hydrogens (tertiary/aromatic N) is 2. The van der Waals surface area contributed by atoms with Crippen molar-refractivity contribution in [1.29, 1.82) is 0 Å². The maximum absolute atomic E-state index is 13.0. The lowest BCUT2D eigenvalue weighted by Crippen LogP contribution is -2.47. The van der Waals surface area contributed by atoms with Crippen molar-refractivity contribution < 1.29 is 22.7 Å². The first-order chi connectivity index (χ1) is 14.7. The van der Waals surface area contributed by atoms with Crippen molar-refractivity contribution in [3.8, 4) is 5.75 Å². The van der Waals surface area contributed by atoms with E-state index in [4.69, 9.17) is 4.74 Å². The Hall–Kier alpha value is -2.95. The highest BCUT2D eigenvalue weighted by Crippen LogP contribution is 2.28. The van der Waals surface area contributed by atoms with Gasteiger partial charge in [0.1, 0.15) is 5.75 Å². The van der Waals surface area contributed by atoms with E-state index in [0.29, 0.717) is 43.3 Å². The van der Waals surface area contributed by atoms with E-state index in [2.05, 4.69) is 15.5 Å². The number of amides is 2. The zero-order chi connectivity index (χ0) is 22.6. The van der Waals surface area contributed by atoms with E-state index in [1.807, 2.05) is 7.05 Å². The zero-order valence-electron chi connectivity index (χ0n) is 17.7. The van der Waals surface area contributed by atoms with Gasteiger partial charge in [0.15, 0.2) is 0 Å². The van der Waals surface area contributed by atoms with Crippen molar-refractivity contribution >= 4 is 33.2 Å². The van der Waals surface area contributed by atoms with Crippen LogP contribution in [0.3, 0.4) is 0 Å². The lowest BCUT2D eigenvalue weighted by atomic mass is 10.2.